The van der Waals surface area contributed by atoms with Gasteiger partial charge < -0.3 is 25.8 Å². The Labute approximate surface area is 103 Å². The van der Waals surface area contributed by atoms with Crippen molar-refractivity contribution >= 4 is 12.0 Å². The number of aliphatic carboxylic acids is 1. The Morgan fingerprint density at radius 3 is 2.78 bits per heavy atom. The first-order valence-electron chi connectivity index (χ1n) is 5.37. The molecule has 100 valence electrons. The number of hydrogen-bond acceptors (Lipinski definition) is 4. The molecule has 2 amide bonds. The van der Waals surface area contributed by atoms with Crippen molar-refractivity contribution in [1.29, 1.82) is 0 Å². The van der Waals surface area contributed by atoms with Gasteiger partial charge in [0.25, 0.3) is 0 Å². The Balaban J connectivity index is 2.20. The van der Waals surface area contributed by atoms with Gasteiger partial charge in [-0.1, -0.05) is 0 Å². The van der Waals surface area contributed by atoms with E-state index in [1.165, 1.54) is 0 Å². The van der Waals surface area contributed by atoms with E-state index in [1.54, 1.807) is 12.4 Å². The Morgan fingerprint density at radius 2 is 2.22 bits per heavy atom. The number of rotatable bonds is 6. The highest BCUT2D eigenvalue weighted by Gasteiger charge is 2.30. The van der Waals surface area contributed by atoms with E-state index in [9.17, 15) is 14.7 Å². The van der Waals surface area contributed by atoms with E-state index in [-0.39, 0.29) is 6.54 Å². The van der Waals surface area contributed by atoms with Crippen LogP contribution in [0.15, 0.2) is 12.4 Å². The smallest absolute Gasteiger partial charge is 0.337 e. The number of aliphatic hydroxyl groups is 1. The SMILES string of the molecule is CC(O)(CNC(=O)NCCc1ncc[nH]1)C(=O)O. The lowest BCUT2D eigenvalue weighted by atomic mass is 10.1. The number of aromatic nitrogens is 2. The fourth-order valence-electron chi connectivity index (χ4n) is 1.12. The van der Waals surface area contributed by atoms with Gasteiger partial charge in [0, 0.05) is 25.4 Å². The number of H-pyrrole nitrogens is 1. The lowest BCUT2D eigenvalue weighted by Gasteiger charge is -2.18. The number of hydrogen-bond donors (Lipinski definition) is 5. The zero-order valence-electron chi connectivity index (χ0n) is 9.93. The van der Waals surface area contributed by atoms with Crippen molar-refractivity contribution in [2.45, 2.75) is 18.9 Å². The lowest BCUT2D eigenvalue weighted by Crippen LogP contribution is -2.49. The second-order valence-corrected chi connectivity index (χ2v) is 3.97. The van der Waals surface area contributed by atoms with Gasteiger partial charge in [-0.25, -0.2) is 14.6 Å². The lowest BCUT2D eigenvalue weighted by molar-refractivity contribution is -0.155. The number of carboxylic acids is 1. The van der Waals surface area contributed by atoms with Gasteiger partial charge in [0.05, 0.1) is 6.54 Å². The van der Waals surface area contributed by atoms with Crippen molar-refractivity contribution in [2.75, 3.05) is 13.1 Å². The number of carbonyl (C=O) groups excluding carboxylic acids is 1. The van der Waals surface area contributed by atoms with Crippen LogP contribution in [-0.4, -0.2) is 50.9 Å². The Kier molecular flexibility index (Phi) is 4.67. The number of amides is 2. The molecule has 8 heteroatoms. The summed E-state index contributed by atoms with van der Waals surface area (Å²) in [6.07, 6.45) is 3.83. The second kappa shape index (κ2) is 6.01. The van der Waals surface area contributed by atoms with E-state index in [0.29, 0.717) is 13.0 Å². The summed E-state index contributed by atoms with van der Waals surface area (Å²) >= 11 is 0. The van der Waals surface area contributed by atoms with E-state index < -0.39 is 17.6 Å². The minimum absolute atomic E-state index is 0.356. The number of nitrogens with one attached hydrogen (secondary N) is 3. The largest absolute Gasteiger partial charge is 0.479 e. The van der Waals surface area contributed by atoms with Crippen molar-refractivity contribution in [1.82, 2.24) is 20.6 Å². The number of aromatic amines is 1. The summed E-state index contributed by atoms with van der Waals surface area (Å²) in [5, 5.41) is 22.8. The maximum Gasteiger partial charge on any atom is 0.337 e. The first-order chi connectivity index (χ1) is 8.42. The van der Waals surface area contributed by atoms with Crippen LogP contribution in [0.2, 0.25) is 0 Å². The van der Waals surface area contributed by atoms with Crippen LogP contribution in [0.5, 0.6) is 0 Å². The van der Waals surface area contributed by atoms with Gasteiger partial charge in [-0.3, -0.25) is 0 Å². The van der Waals surface area contributed by atoms with Gasteiger partial charge in [0.1, 0.15) is 5.82 Å². The van der Waals surface area contributed by atoms with Crippen LogP contribution in [0.1, 0.15) is 12.7 Å². The Morgan fingerprint density at radius 1 is 1.50 bits per heavy atom. The van der Waals surface area contributed by atoms with E-state index in [0.717, 1.165) is 12.7 Å². The third kappa shape index (κ3) is 4.42. The summed E-state index contributed by atoms with van der Waals surface area (Å²) in [5.74, 6) is -0.647. The van der Waals surface area contributed by atoms with E-state index in [1.807, 2.05) is 0 Å². The maximum atomic E-state index is 11.3. The summed E-state index contributed by atoms with van der Waals surface area (Å²) < 4.78 is 0. The number of nitrogens with zero attached hydrogens (tertiary/aromatic N) is 1. The highest BCUT2D eigenvalue weighted by atomic mass is 16.4. The number of imidazole rings is 1. The predicted molar refractivity (Wildman–Crippen MR) is 62.0 cm³/mol. The van der Waals surface area contributed by atoms with Gasteiger partial charge in [0.15, 0.2) is 5.60 Å². The van der Waals surface area contributed by atoms with Crippen LogP contribution >= 0.6 is 0 Å². The quantitative estimate of drug-likeness (QED) is 0.450. The average molecular weight is 256 g/mol. The summed E-state index contributed by atoms with van der Waals surface area (Å²) in [5.41, 5.74) is -1.97. The van der Waals surface area contributed by atoms with Gasteiger partial charge in [-0.15, -0.1) is 0 Å². The molecule has 0 spiro atoms. The fourth-order valence-corrected chi connectivity index (χ4v) is 1.12. The molecule has 0 aliphatic rings. The maximum absolute atomic E-state index is 11.3. The summed E-state index contributed by atoms with van der Waals surface area (Å²) in [6, 6.07) is -0.539. The molecule has 18 heavy (non-hydrogen) atoms. The van der Waals surface area contributed by atoms with Crippen molar-refractivity contribution in [3.63, 3.8) is 0 Å². The Hall–Kier alpha value is -2.09. The predicted octanol–water partition coefficient (Wildman–Crippen LogP) is -0.913. The molecule has 1 rings (SSSR count). The molecule has 8 nitrogen and oxygen atoms in total. The molecule has 0 bridgehead atoms. The zero-order valence-corrected chi connectivity index (χ0v) is 9.93. The third-order valence-electron chi connectivity index (χ3n) is 2.26. The second-order valence-electron chi connectivity index (χ2n) is 3.97. The van der Waals surface area contributed by atoms with Crippen LogP contribution in [0.4, 0.5) is 4.79 Å². The molecule has 0 radical (unpaired) electrons. The van der Waals surface area contributed by atoms with Crippen LogP contribution in [0.25, 0.3) is 0 Å². The fraction of sp³-hybridized carbons (Fsp3) is 0.500. The van der Waals surface area contributed by atoms with Crippen molar-refractivity contribution in [2.24, 2.45) is 0 Å². The van der Waals surface area contributed by atoms with Gasteiger partial charge in [-0.05, 0) is 6.92 Å². The normalized spacial score (nSPS) is 13.7. The highest BCUT2D eigenvalue weighted by Crippen LogP contribution is 2.00. The monoisotopic (exact) mass is 256 g/mol. The first kappa shape index (κ1) is 14.0. The Bertz CT molecular complexity index is 402. The topological polar surface area (TPSA) is 127 Å². The molecule has 0 saturated carbocycles. The minimum atomic E-state index is -1.97. The molecule has 0 aliphatic heterocycles. The molecule has 0 aliphatic carbocycles. The first-order valence-corrected chi connectivity index (χ1v) is 5.37. The van der Waals surface area contributed by atoms with Crippen LogP contribution in [0.3, 0.4) is 0 Å². The summed E-state index contributed by atoms with van der Waals surface area (Å²) in [4.78, 5) is 28.7. The standard InChI is InChI=1S/C10H16N4O4/c1-10(18,8(15)16)6-14-9(17)13-3-2-7-11-4-5-12-7/h4-5,18H,2-3,6H2,1H3,(H,11,12)(H,15,16)(H2,13,14,17). The van der Waals surface area contributed by atoms with E-state index >= 15 is 0 Å². The van der Waals surface area contributed by atoms with Crippen LogP contribution < -0.4 is 10.6 Å². The molecule has 0 saturated heterocycles. The van der Waals surface area contributed by atoms with Gasteiger partial charge in [0.2, 0.25) is 0 Å². The van der Waals surface area contributed by atoms with Gasteiger partial charge >= 0.3 is 12.0 Å². The third-order valence-corrected chi connectivity index (χ3v) is 2.26. The summed E-state index contributed by atoms with van der Waals surface area (Å²) in [6.45, 7) is 1.10. The van der Waals surface area contributed by atoms with E-state index in [2.05, 4.69) is 20.6 Å². The van der Waals surface area contributed by atoms with Crippen LogP contribution in [0, 0.1) is 0 Å². The molecule has 1 aromatic rings. The molecular formula is C10H16N4O4. The highest BCUT2D eigenvalue weighted by molar-refractivity contribution is 5.79. The molecule has 0 aromatic carbocycles. The molecule has 1 aromatic heterocycles. The summed E-state index contributed by atoms with van der Waals surface area (Å²) in [7, 11) is 0. The van der Waals surface area contributed by atoms with Crippen molar-refractivity contribution < 1.29 is 19.8 Å². The average Bonchev–Trinajstić information content (AvgIpc) is 2.79. The molecule has 5 N–H and O–H groups in total. The number of carboxylic acid groups (broad SMARTS) is 1. The minimum Gasteiger partial charge on any atom is -0.479 e. The van der Waals surface area contributed by atoms with Crippen molar-refractivity contribution in [3.05, 3.63) is 18.2 Å². The molecule has 0 fully saturated rings. The number of urea groups is 1. The number of carbonyl (C=O) groups is 2. The molecule has 1 atom stereocenters. The van der Waals surface area contributed by atoms with Crippen LogP contribution in [-0.2, 0) is 11.2 Å². The van der Waals surface area contributed by atoms with Gasteiger partial charge in [-0.2, -0.15) is 0 Å². The van der Waals surface area contributed by atoms with E-state index in [4.69, 9.17) is 5.11 Å². The molecular weight excluding hydrogens is 240 g/mol. The zero-order chi connectivity index (χ0) is 13.6. The van der Waals surface area contributed by atoms with Crippen molar-refractivity contribution in [3.8, 4) is 0 Å². The molecule has 1 heterocycles. The molecule has 1 unspecified atom stereocenters.